The zero-order chi connectivity index (χ0) is 13.8. The zero-order valence-electron chi connectivity index (χ0n) is 10.7. The monoisotopic (exact) mass is 263 g/mol. The molecule has 0 aliphatic carbocycles. The van der Waals surface area contributed by atoms with Gasteiger partial charge in [0.15, 0.2) is 0 Å². The first-order chi connectivity index (χ1) is 9.11. The largest absolute Gasteiger partial charge is 0.396 e. The lowest BCUT2D eigenvalue weighted by Gasteiger charge is -2.12. The van der Waals surface area contributed by atoms with Crippen LogP contribution >= 0.6 is 0 Å². The number of aliphatic hydroxyl groups is 1. The van der Waals surface area contributed by atoms with Crippen molar-refractivity contribution in [2.75, 3.05) is 6.61 Å². The molecule has 0 saturated carbocycles. The lowest BCUT2D eigenvalue weighted by atomic mass is 10.2. The maximum Gasteiger partial charge on any atom is 0.326 e. The van der Waals surface area contributed by atoms with E-state index in [0.717, 1.165) is 0 Å². The van der Waals surface area contributed by atoms with Gasteiger partial charge in [0.05, 0.1) is 11.0 Å². The molecule has 1 aromatic carbocycles. The number of aliphatic hydroxyl groups excluding tert-OH is 1. The van der Waals surface area contributed by atoms with Gasteiger partial charge in [-0.1, -0.05) is 12.1 Å². The normalized spacial score (nSPS) is 12.5. The van der Waals surface area contributed by atoms with Gasteiger partial charge < -0.3 is 15.4 Å². The molecule has 6 nitrogen and oxygen atoms in total. The van der Waals surface area contributed by atoms with Crippen LogP contribution in [0.2, 0.25) is 0 Å². The molecule has 19 heavy (non-hydrogen) atoms. The quantitative estimate of drug-likeness (QED) is 0.721. The molecule has 0 radical (unpaired) electrons. The highest BCUT2D eigenvalue weighted by Crippen LogP contribution is 2.08. The van der Waals surface area contributed by atoms with E-state index >= 15 is 0 Å². The minimum absolute atomic E-state index is 0.0223. The van der Waals surface area contributed by atoms with E-state index in [0.29, 0.717) is 17.5 Å². The number of para-hydroxylation sites is 2. The van der Waals surface area contributed by atoms with Crippen molar-refractivity contribution in [3.05, 3.63) is 34.7 Å². The molecule has 1 aromatic heterocycles. The number of imidazole rings is 1. The Morgan fingerprint density at radius 3 is 2.95 bits per heavy atom. The van der Waals surface area contributed by atoms with Gasteiger partial charge in [-0.25, -0.2) is 4.79 Å². The van der Waals surface area contributed by atoms with Gasteiger partial charge in [0.25, 0.3) is 0 Å². The number of benzene rings is 1. The van der Waals surface area contributed by atoms with E-state index in [1.807, 2.05) is 19.1 Å². The topological polar surface area (TPSA) is 87.1 Å². The maximum absolute atomic E-state index is 11.8. The molecule has 1 atom stereocenters. The smallest absolute Gasteiger partial charge is 0.326 e. The molecule has 102 valence electrons. The van der Waals surface area contributed by atoms with Gasteiger partial charge in [-0.05, 0) is 25.5 Å². The Hall–Kier alpha value is -2.08. The highest BCUT2D eigenvalue weighted by Gasteiger charge is 2.11. The van der Waals surface area contributed by atoms with Crippen LogP contribution in [-0.4, -0.2) is 33.2 Å². The molecule has 2 rings (SSSR count). The van der Waals surface area contributed by atoms with Crippen LogP contribution in [0.1, 0.15) is 13.3 Å². The van der Waals surface area contributed by atoms with Crippen LogP contribution in [0, 0.1) is 0 Å². The average molecular weight is 263 g/mol. The van der Waals surface area contributed by atoms with Crippen molar-refractivity contribution < 1.29 is 9.90 Å². The molecule has 6 heteroatoms. The summed E-state index contributed by atoms with van der Waals surface area (Å²) in [5.74, 6) is -0.243. The summed E-state index contributed by atoms with van der Waals surface area (Å²) < 4.78 is 1.40. The Kier molecular flexibility index (Phi) is 4.01. The van der Waals surface area contributed by atoms with Crippen LogP contribution in [0.15, 0.2) is 29.1 Å². The number of rotatable bonds is 5. The number of nitrogens with zero attached hydrogens (tertiary/aromatic N) is 1. The van der Waals surface area contributed by atoms with E-state index in [-0.39, 0.29) is 30.8 Å². The van der Waals surface area contributed by atoms with E-state index in [9.17, 15) is 9.59 Å². The fourth-order valence-electron chi connectivity index (χ4n) is 1.99. The molecule has 1 amide bonds. The fraction of sp³-hybridized carbons (Fsp3) is 0.385. The predicted octanol–water partition coefficient (Wildman–Crippen LogP) is 0.217. The lowest BCUT2D eigenvalue weighted by molar-refractivity contribution is -0.122. The van der Waals surface area contributed by atoms with Crippen molar-refractivity contribution in [1.82, 2.24) is 14.9 Å². The molecule has 1 heterocycles. The second-order valence-electron chi connectivity index (χ2n) is 4.51. The molecule has 0 fully saturated rings. The molecule has 0 aliphatic rings. The van der Waals surface area contributed by atoms with Crippen LogP contribution in [0.25, 0.3) is 11.0 Å². The van der Waals surface area contributed by atoms with Crippen LogP contribution in [0.5, 0.6) is 0 Å². The summed E-state index contributed by atoms with van der Waals surface area (Å²) in [4.78, 5) is 26.3. The number of H-pyrrole nitrogens is 1. The van der Waals surface area contributed by atoms with Crippen molar-refractivity contribution in [1.29, 1.82) is 0 Å². The van der Waals surface area contributed by atoms with E-state index in [4.69, 9.17) is 5.11 Å². The molecule has 0 saturated heterocycles. The Morgan fingerprint density at radius 1 is 1.47 bits per heavy atom. The zero-order valence-corrected chi connectivity index (χ0v) is 10.7. The molecule has 1 unspecified atom stereocenters. The number of nitrogens with one attached hydrogen (secondary N) is 2. The van der Waals surface area contributed by atoms with E-state index in [1.54, 1.807) is 12.1 Å². The van der Waals surface area contributed by atoms with Gasteiger partial charge in [-0.3, -0.25) is 9.36 Å². The maximum atomic E-state index is 11.8. The number of hydrogen-bond acceptors (Lipinski definition) is 3. The van der Waals surface area contributed by atoms with Gasteiger partial charge >= 0.3 is 5.69 Å². The SMILES string of the molecule is CC(CCO)NC(=O)Cn1c(=O)[nH]c2ccccc21. The molecular weight excluding hydrogens is 246 g/mol. The summed E-state index contributed by atoms with van der Waals surface area (Å²) in [6.07, 6.45) is 0.495. The Balaban J connectivity index is 2.15. The van der Waals surface area contributed by atoms with E-state index in [2.05, 4.69) is 10.3 Å². The van der Waals surface area contributed by atoms with Crippen LogP contribution in [0.4, 0.5) is 0 Å². The molecule has 2 aromatic rings. The number of aromatic amines is 1. The molecular formula is C13H17N3O3. The lowest BCUT2D eigenvalue weighted by Crippen LogP contribution is -2.37. The van der Waals surface area contributed by atoms with E-state index < -0.39 is 0 Å². The number of fused-ring (bicyclic) bond motifs is 1. The summed E-state index contributed by atoms with van der Waals surface area (Å²) in [5.41, 5.74) is 1.12. The van der Waals surface area contributed by atoms with Gasteiger partial charge in [0.2, 0.25) is 5.91 Å². The minimum atomic E-state index is -0.300. The van der Waals surface area contributed by atoms with Crippen molar-refractivity contribution in [2.24, 2.45) is 0 Å². The fourth-order valence-corrected chi connectivity index (χ4v) is 1.99. The summed E-state index contributed by atoms with van der Waals surface area (Å²) >= 11 is 0. The second-order valence-corrected chi connectivity index (χ2v) is 4.51. The first-order valence-electron chi connectivity index (χ1n) is 6.19. The molecule has 0 bridgehead atoms. The van der Waals surface area contributed by atoms with Gasteiger partial charge in [0, 0.05) is 12.6 Å². The second kappa shape index (κ2) is 5.71. The number of aromatic nitrogens is 2. The first-order valence-corrected chi connectivity index (χ1v) is 6.19. The number of amides is 1. The Morgan fingerprint density at radius 2 is 2.21 bits per heavy atom. The van der Waals surface area contributed by atoms with Gasteiger partial charge in [-0.2, -0.15) is 0 Å². The third-order valence-electron chi connectivity index (χ3n) is 2.95. The van der Waals surface area contributed by atoms with Crippen LogP contribution in [0.3, 0.4) is 0 Å². The van der Waals surface area contributed by atoms with Crippen molar-refractivity contribution in [3.63, 3.8) is 0 Å². The Bertz CT molecular complexity index is 629. The number of hydrogen-bond donors (Lipinski definition) is 3. The molecule has 3 N–H and O–H groups in total. The molecule has 0 spiro atoms. The highest BCUT2D eigenvalue weighted by molar-refractivity contribution is 5.80. The van der Waals surface area contributed by atoms with Crippen molar-refractivity contribution in [2.45, 2.75) is 25.9 Å². The van der Waals surface area contributed by atoms with E-state index in [1.165, 1.54) is 4.57 Å². The third-order valence-corrected chi connectivity index (χ3v) is 2.95. The summed E-state index contributed by atoms with van der Waals surface area (Å²) in [6.45, 7) is 1.80. The van der Waals surface area contributed by atoms with Crippen molar-refractivity contribution >= 4 is 16.9 Å². The third kappa shape index (κ3) is 3.03. The first kappa shape index (κ1) is 13.4. The summed E-state index contributed by atoms with van der Waals surface area (Å²) in [6, 6.07) is 7.11. The molecule has 0 aliphatic heterocycles. The predicted molar refractivity (Wildman–Crippen MR) is 71.9 cm³/mol. The summed E-state index contributed by atoms with van der Waals surface area (Å²) in [5, 5.41) is 11.5. The minimum Gasteiger partial charge on any atom is -0.396 e. The average Bonchev–Trinajstić information content (AvgIpc) is 2.66. The van der Waals surface area contributed by atoms with Gasteiger partial charge in [-0.15, -0.1) is 0 Å². The van der Waals surface area contributed by atoms with Crippen LogP contribution < -0.4 is 11.0 Å². The highest BCUT2D eigenvalue weighted by atomic mass is 16.3. The van der Waals surface area contributed by atoms with Gasteiger partial charge in [0.1, 0.15) is 6.54 Å². The summed E-state index contributed by atoms with van der Waals surface area (Å²) in [7, 11) is 0. The number of carbonyl (C=O) groups is 1. The standard InChI is InChI=1S/C13H17N3O3/c1-9(6-7-17)14-12(18)8-16-11-5-3-2-4-10(11)15-13(16)19/h2-5,9,17H,6-8H2,1H3,(H,14,18)(H,15,19). The van der Waals surface area contributed by atoms with Crippen molar-refractivity contribution in [3.8, 4) is 0 Å². The Labute approximate surface area is 110 Å². The number of carbonyl (C=O) groups excluding carboxylic acids is 1. The van der Waals surface area contributed by atoms with Crippen LogP contribution in [-0.2, 0) is 11.3 Å².